The van der Waals surface area contributed by atoms with Crippen LogP contribution in [-0.2, 0) is 16.7 Å². The van der Waals surface area contributed by atoms with Gasteiger partial charge in [0.1, 0.15) is 11.1 Å². The van der Waals surface area contributed by atoms with Crippen molar-refractivity contribution in [3.63, 3.8) is 0 Å². The molecular weight excluding hydrogens is 430 g/mol. The molecule has 2 amide bonds. The molecule has 0 aliphatic heterocycles. The summed E-state index contributed by atoms with van der Waals surface area (Å²) in [6, 6.07) is 10.3. The molecule has 1 aromatic heterocycles. The lowest BCUT2D eigenvalue weighted by atomic mass is 9.79. The average Bonchev–Trinajstić information content (AvgIpc) is 3.35. The summed E-state index contributed by atoms with van der Waals surface area (Å²) in [5.41, 5.74) is 0.569. The summed E-state index contributed by atoms with van der Waals surface area (Å²) in [7, 11) is 3.28. The summed E-state index contributed by atoms with van der Waals surface area (Å²) in [6.45, 7) is 3.91. The van der Waals surface area contributed by atoms with Crippen LogP contribution in [0.2, 0.25) is 0 Å². The fraction of sp³-hybridized carbons (Fsp3) is 0.519. The maximum absolute atomic E-state index is 13.3. The van der Waals surface area contributed by atoms with E-state index in [2.05, 4.69) is 17.4 Å². The SMILES string of the molecule is CCCCN(C)C(=O)c1cn(CCOC)cc(C(=O)NCC2(c3ccccc3)CCCC2)c1=O. The monoisotopic (exact) mass is 467 g/mol. The quantitative estimate of drug-likeness (QED) is 0.548. The highest BCUT2D eigenvalue weighted by atomic mass is 16.5. The first-order chi connectivity index (χ1) is 16.4. The Balaban J connectivity index is 1.87. The third-order valence-electron chi connectivity index (χ3n) is 6.84. The molecule has 0 bridgehead atoms. The highest BCUT2D eigenvalue weighted by molar-refractivity contribution is 5.99. The van der Waals surface area contributed by atoms with Gasteiger partial charge in [-0.05, 0) is 24.8 Å². The number of aromatic nitrogens is 1. The van der Waals surface area contributed by atoms with Crippen molar-refractivity contribution < 1.29 is 14.3 Å². The molecule has 0 spiro atoms. The molecule has 7 heteroatoms. The molecule has 2 aromatic rings. The molecule has 184 valence electrons. The number of nitrogens with zero attached hydrogens (tertiary/aromatic N) is 2. The molecule has 1 aliphatic rings. The molecule has 1 fully saturated rings. The first-order valence-corrected chi connectivity index (χ1v) is 12.2. The third kappa shape index (κ3) is 5.95. The molecule has 0 unspecified atom stereocenters. The van der Waals surface area contributed by atoms with E-state index >= 15 is 0 Å². The Morgan fingerprint density at radius 1 is 1.12 bits per heavy atom. The van der Waals surface area contributed by atoms with Gasteiger partial charge in [0.15, 0.2) is 0 Å². The Morgan fingerprint density at radius 3 is 2.44 bits per heavy atom. The van der Waals surface area contributed by atoms with Gasteiger partial charge < -0.3 is 19.5 Å². The molecule has 1 heterocycles. The predicted molar refractivity (Wildman–Crippen MR) is 133 cm³/mol. The van der Waals surface area contributed by atoms with Crippen LogP contribution in [0.1, 0.15) is 71.7 Å². The third-order valence-corrected chi connectivity index (χ3v) is 6.84. The Kier molecular flexibility index (Phi) is 9.05. The molecule has 3 rings (SSSR count). The van der Waals surface area contributed by atoms with E-state index in [9.17, 15) is 14.4 Å². The number of carbonyl (C=O) groups is 2. The topological polar surface area (TPSA) is 80.6 Å². The first-order valence-electron chi connectivity index (χ1n) is 12.2. The van der Waals surface area contributed by atoms with E-state index in [1.54, 1.807) is 23.6 Å². The van der Waals surface area contributed by atoms with Crippen molar-refractivity contribution in [2.75, 3.05) is 33.9 Å². The minimum atomic E-state index is -0.528. The van der Waals surface area contributed by atoms with Crippen molar-refractivity contribution in [2.24, 2.45) is 0 Å². The highest BCUT2D eigenvalue weighted by Gasteiger charge is 2.36. The Bertz CT molecular complexity index is 1030. The van der Waals surface area contributed by atoms with Gasteiger partial charge in [0, 0.05) is 51.6 Å². The zero-order chi connectivity index (χ0) is 24.6. The minimum absolute atomic E-state index is 0.00736. The van der Waals surface area contributed by atoms with E-state index in [1.165, 1.54) is 18.0 Å². The van der Waals surface area contributed by atoms with E-state index in [0.29, 0.717) is 26.2 Å². The second kappa shape index (κ2) is 12.0. The number of amides is 2. The van der Waals surface area contributed by atoms with Gasteiger partial charge in [0.2, 0.25) is 5.43 Å². The summed E-state index contributed by atoms with van der Waals surface area (Å²) >= 11 is 0. The molecule has 1 saturated carbocycles. The molecule has 34 heavy (non-hydrogen) atoms. The van der Waals surface area contributed by atoms with Crippen LogP contribution < -0.4 is 10.7 Å². The second-order valence-corrected chi connectivity index (χ2v) is 9.26. The number of methoxy groups -OCH3 is 1. The minimum Gasteiger partial charge on any atom is -0.383 e. The van der Waals surface area contributed by atoms with Crippen molar-refractivity contribution >= 4 is 11.8 Å². The number of hydrogen-bond acceptors (Lipinski definition) is 4. The van der Waals surface area contributed by atoms with Gasteiger partial charge in [-0.25, -0.2) is 0 Å². The van der Waals surface area contributed by atoms with E-state index in [-0.39, 0.29) is 22.4 Å². The van der Waals surface area contributed by atoms with Crippen molar-refractivity contribution in [2.45, 2.75) is 57.4 Å². The molecule has 1 aliphatic carbocycles. The zero-order valence-corrected chi connectivity index (χ0v) is 20.6. The fourth-order valence-corrected chi connectivity index (χ4v) is 4.73. The first kappa shape index (κ1) is 25.7. The van der Waals surface area contributed by atoms with Crippen molar-refractivity contribution in [3.05, 3.63) is 69.6 Å². The van der Waals surface area contributed by atoms with Crippen LogP contribution in [-0.4, -0.2) is 55.1 Å². The molecule has 0 atom stereocenters. The number of nitrogens with one attached hydrogen (secondary N) is 1. The Labute approximate surface area is 202 Å². The molecule has 7 nitrogen and oxygen atoms in total. The lowest BCUT2D eigenvalue weighted by molar-refractivity contribution is 0.0790. The Morgan fingerprint density at radius 2 is 1.79 bits per heavy atom. The van der Waals surface area contributed by atoms with Crippen LogP contribution in [0.5, 0.6) is 0 Å². The number of rotatable bonds is 11. The predicted octanol–water partition coefficient (Wildman–Crippen LogP) is 3.61. The summed E-state index contributed by atoms with van der Waals surface area (Å²) in [5, 5.41) is 3.03. The number of carbonyl (C=O) groups excluding carboxylic acids is 2. The molecule has 0 radical (unpaired) electrons. The van der Waals surface area contributed by atoms with Gasteiger partial charge in [-0.15, -0.1) is 0 Å². The zero-order valence-electron chi connectivity index (χ0n) is 20.6. The highest BCUT2D eigenvalue weighted by Crippen LogP contribution is 2.40. The van der Waals surface area contributed by atoms with Crippen molar-refractivity contribution in [1.29, 1.82) is 0 Å². The summed E-state index contributed by atoms with van der Waals surface area (Å²) < 4.78 is 6.86. The van der Waals surface area contributed by atoms with Crippen LogP contribution in [0.15, 0.2) is 47.5 Å². The van der Waals surface area contributed by atoms with Gasteiger partial charge >= 0.3 is 0 Å². The van der Waals surface area contributed by atoms with Gasteiger partial charge in [0.05, 0.1) is 6.61 Å². The standard InChI is InChI=1S/C27H37N3O4/c1-4-5-15-29(2)26(33)23-19-30(16-17-34-3)18-22(24(23)31)25(32)28-20-27(13-9-10-14-27)21-11-7-6-8-12-21/h6-8,11-12,18-19H,4-5,9-10,13-17,20H2,1-3H3,(H,28,32). The van der Waals surface area contributed by atoms with E-state index in [1.807, 2.05) is 25.1 Å². The Hall–Kier alpha value is -2.93. The number of hydrogen-bond donors (Lipinski definition) is 1. The van der Waals surface area contributed by atoms with Crippen LogP contribution in [0.3, 0.4) is 0 Å². The van der Waals surface area contributed by atoms with Gasteiger partial charge in [-0.1, -0.05) is 56.5 Å². The van der Waals surface area contributed by atoms with Crippen molar-refractivity contribution in [1.82, 2.24) is 14.8 Å². The van der Waals surface area contributed by atoms with Gasteiger partial charge in [-0.3, -0.25) is 14.4 Å². The second-order valence-electron chi connectivity index (χ2n) is 9.26. The van der Waals surface area contributed by atoms with E-state index in [0.717, 1.165) is 38.5 Å². The molecule has 0 saturated heterocycles. The van der Waals surface area contributed by atoms with Crippen LogP contribution in [0.25, 0.3) is 0 Å². The fourth-order valence-electron chi connectivity index (χ4n) is 4.73. The van der Waals surface area contributed by atoms with E-state index in [4.69, 9.17) is 4.74 Å². The molecule has 1 N–H and O–H groups in total. The summed E-state index contributed by atoms with van der Waals surface area (Å²) in [5.74, 6) is -0.806. The average molecular weight is 468 g/mol. The lowest BCUT2D eigenvalue weighted by Crippen LogP contribution is -2.41. The summed E-state index contributed by atoms with van der Waals surface area (Å²) in [4.78, 5) is 41.1. The van der Waals surface area contributed by atoms with Crippen LogP contribution >= 0.6 is 0 Å². The smallest absolute Gasteiger partial charge is 0.259 e. The van der Waals surface area contributed by atoms with Gasteiger partial charge in [-0.2, -0.15) is 0 Å². The van der Waals surface area contributed by atoms with Gasteiger partial charge in [0.25, 0.3) is 11.8 Å². The number of unbranched alkanes of at least 4 members (excludes halogenated alkanes) is 1. The van der Waals surface area contributed by atoms with Crippen molar-refractivity contribution in [3.8, 4) is 0 Å². The van der Waals surface area contributed by atoms with Crippen LogP contribution in [0, 0.1) is 0 Å². The van der Waals surface area contributed by atoms with E-state index < -0.39 is 11.3 Å². The molecule has 1 aromatic carbocycles. The summed E-state index contributed by atoms with van der Waals surface area (Å²) in [6.07, 6.45) is 9.08. The normalized spacial score (nSPS) is 14.7. The van der Waals surface area contributed by atoms with Crippen LogP contribution in [0.4, 0.5) is 0 Å². The lowest BCUT2D eigenvalue weighted by Gasteiger charge is -2.30. The largest absolute Gasteiger partial charge is 0.383 e. The number of benzene rings is 1. The maximum atomic E-state index is 13.3. The number of pyridine rings is 1. The number of ether oxygens (including phenoxy) is 1. The molecular formula is C27H37N3O4. The maximum Gasteiger partial charge on any atom is 0.259 e.